The molecule has 0 amide bonds. The molecule has 0 aliphatic heterocycles. The number of hydrogen-bond donors (Lipinski definition) is 2. The lowest BCUT2D eigenvalue weighted by atomic mass is 10.0. The van der Waals surface area contributed by atoms with Crippen LogP contribution in [0, 0.1) is 0 Å². The van der Waals surface area contributed by atoms with Gasteiger partial charge in [0.2, 0.25) is 0 Å². The van der Waals surface area contributed by atoms with Crippen molar-refractivity contribution in [2.75, 3.05) is 0 Å². The highest BCUT2D eigenvalue weighted by Gasteiger charge is 2.19. The van der Waals surface area contributed by atoms with Gasteiger partial charge in [0.25, 0.3) is 0 Å². The molecule has 0 spiro atoms. The van der Waals surface area contributed by atoms with Crippen LogP contribution in [0.1, 0.15) is 11.1 Å². The molecule has 0 fully saturated rings. The number of hydrogen-bond acceptors (Lipinski definition) is 1. The number of para-hydroxylation sites is 2. The molecule has 0 aliphatic rings. The van der Waals surface area contributed by atoms with Crippen molar-refractivity contribution in [1.82, 2.24) is 9.55 Å². The Morgan fingerprint density at radius 2 is 1.45 bits per heavy atom. The van der Waals surface area contributed by atoms with Crippen molar-refractivity contribution in [1.29, 1.82) is 0 Å². The van der Waals surface area contributed by atoms with E-state index in [1.165, 1.54) is 21.9 Å². The number of nitrogens with one attached hydrogen (secondary N) is 1. The summed E-state index contributed by atoms with van der Waals surface area (Å²) in [7, 11) is 0. The first-order chi connectivity index (χ1) is 14.3. The van der Waals surface area contributed by atoms with Gasteiger partial charge in [0.1, 0.15) is 0 Å². The summed E-state index contributed by atoms with van der Waals surface area (Å²) >= 11 is 0. The summed E-state index contributed by atoms with van der Waals surface area (Å²) < 4.78 is 2.35. The zero-order valence-electron chi connectivity index (χ0n) is 15.9. The number of aromatic nitrogens is 2. The van der Waals surface area contributed by atoms with Gasteiger partial charge in [0, 0.05) is 50.2 Å². The fraction of sp³-hybridized carbons (Fsp3) is 0.0769. The van der Waals surface area contributed by atoms with Gasteiger partial charge in [0.15, 0.2) is 0 Å². The van der Waals surface area contributed by atoms with E-state index in [1.807, 2.05) is 12.1 Å². The maximum atomic E-state index is 10.5. The van der Waals surface area contributed by atoms with Gasteiger partial charge in [-0.15, -0.1) is 0 Å². The minimum Gasteiger partial charge on any atom is -0.392 e. The van der Waals surface area contributed by atoms with Crippen LogP contribution < -0.4 is 0 Å². The zero-order chi connectivity index (χ0) is 19.4. The standard InChI is InChI=1S/C26H20N2O/c29-16-21-25-19-11-4-6-12-22(19)27-23(25)14-20-18-10-5-7-13-24(18)28(26(20)21)15-17-8-2-1-3-9-17/h1-14,27,29H,15-16H2. The van der Waals surface area contributed by atoms with Crippen molar-refractivity contribution >= 4 is 43.6 Å². The van der Waals surface area contributed by atoms with Gasteiger partial charge in [-0.1, -0.05) is 66.7 Å². The predicted molar refractivity (Wildman–Crippen MR) is 120 cm³/mol. The molecular formula is C26H20N2O. The van der Waals surface area contributed by atoms with E-state index in [-0.39, 0.29) is 6.61 Å². The van der Waals surface area contributed by atoms with Gasteiger partial charge in [-0.2, -0.15) is 0 Å². The Hall–Kier alpha value is -3.56. The van der Waals surface area contributed by atoms with Crippen LogP contribution in [0.3, 0.4) is 0 Å². The second-order valence-electron chi connectivity index (χ2n) is 7.59. The quantitative estimate of drug-likeness (QED) is 0.392. The van der Waals surface area contributed by atoms with Crippen molar-refractivity contribution in [2.45, 2.75) is 13.2 Å². The molecule has 6 rings (SSSR count). The number of aromatic amines is 1. The van der Waals surface area contributed by atoms with E-state index in [1.54, 1.807) is 0 Å². The summed E-state index contributed by atoms with van der Waals surface area (Å²) in [5, 5.41) is 15.2. The SMILES string of the molecule is OCc1c2c(cc3c4ccccc4n(Cc4ccccc4)c13)[nH]c1ccccc12. The van der Waals surface area contributed by atoms with Crippen LogP contribution in [-0.4, -0.2) is 14.7 Å². The van der Waals surface area contributed by atoms with Gasteiger partial charge in [-0.05, 0) is 23.8 Å². The number of aliphatic hydroxyl groups excluding tert-OH is 1. The summed E-state index contributed by atoms with van der Waals surface area (Å²) in [5.74, 6) is 0. The lowest BCUT2D eigenvalue weighted by molar-refractivity contribution is 0.284. The molecule has 0 saturated carbocycles. The van der Waals surface area contributed by atoms with Crippen LogP contribution in [0.25, 0.3) is 43.6 Å². The highest BCUT2D eigenvalue weighted by Crippen LogP contribution is 2.39. The minimum absolute atomic E-state index is 0.000793. The molecule has 0 radical (unpaired) electrons. The molecule has 140 valence electrons. The molecular weight excluding hydrogens is 356 g/mol. The molecule has 2 aromatic heterocycles. The topological polar surface area (TPSA) is 41.0 Å². The van der Waals surface area contributed by atoms with E-state index >= 15 is 0 Å². The number of nitrogens with zero attached hydrogens (tertiary/aromatic N) is 1. The second-order valence-corrected chi connectivity index (χ2v) is 7.59. The Kier molecular flexibility index (Phi) is 3.52. The average Bonchev–Trinajstić information content (AvgIpc) is 3.29. The summed E-state index contributed by atoms with van der Waals surface area (Å²) in [4.78, 5) is 3.55. The summed E-state index contributed by atoms with van der Waals surface area (Å²) in [6, 6.07) is 29.6. The smallest absolute Gasteiger partial charge is 0.0709 e. The first-order valence-electron chi connectivity index (χ1n) is 9.93. The third-order valence-corrected chi connectivity index (χ3v) is 5.96. The number of aliphatic hydroxyl groups is 1. The normalized spacial score (nSPS) is 11.9. The Balaban J connectivity index is 1.80. The average molecular weight is 376 g/mol. The van der Waals surface area contributed by atoms with E-state index in [2.05, 4.69) is 82.3 Å². The number of fused-ring (bicyclic) bond motifs is 6. The van der Waals surface area contributed by atoms with Gasteiger partial charge in [-0.3, -0.25) is 0 Å². The monoisotopic (exact) mass is 376 g/mol. The lowest BCUT2D eigenvalue weighted by Gasteiger charge is -2.11. The molecule has 0 aliphatic carbocycles. The molecule has 3 nitrogen and oxygen atoms in total. The number of H-pyrrole nitrogens is 1. The Morgan fingerprint density at radius 1 is 0.724 bits per heavy atom. The highest BCUT2D eigenvalue weighted by atomic mass is 16.3. The van der Waals surface area contributed by atoms with Gasteiger partial charge >= 0.3 is 0 Å². The Morgan fingerprint density at radius 3 is 2.28 bits per heavy atom. The molecule has 2 N–H and O–H groups in total. The van der Waals surface area contributed by atoms with Crippen LogP contribution in [0.5, 0.6) is 0 Å². The molecule has 4 aromatic carbocycles. The molecule has 6 aromatic rings. The van der Waals surface area contributed by atoms with Gasteiger partial charge in [0.05, 0.1) is 12.1 Å². The zero-order valence-corrected chi connectivity index (χ0v) is 15.9. The first-order valence-corrected chi connectivity index (χ1v) is 9.93. The van der Waals surface area contributed by atoms with Crippen LogP contribution >= 0.6 is 0 Å². The van der Waals surface area contributed by atoms with Gasteiger partial charge in [-0.25, -0.2) is 0 Å². The van der Waals surface area contributed by atoms with Crippen LogP contribution in [-0.2, 0) is 13.2 Å². The minimum atomic E-state index is 0.000793. The predicted octanol–water partition coefficient (Wildman–Crippen LogP) is 5.97. The molecule has 29 heavy (non-hydrogen) atoms. The van der Waals surface area contributed by atoms with Crippen molar-refractivity contribution < 1.29 is 5.11 Å². The largest absolute Gasteiger partial charge is 0.392 e. The maximum Gasteiger partial charge on any atom is 0.0709 e. The Bertz CT molecular complexity index is 1510. The van der Waals surface area contributed by atoms with E-state index in [0.717, 1.165) is 39.4 Å². The molecule has 0 saturated heterocycles. The van der Waals surface area contributed by atoms with E-state index < -0.39 is 0 Å². The van der Waals surface area contributed by atoms with E-state index in [4.69, 9.17) is 0 Å². The molecule has 0 unspecified atom stereocenters. The molecule has 2 heterocycles. The molecule has 3 heteroatoms. The fourth-order valence-corrected chi connectivity index (χ4v) is 4.74. The lowest BCUT2D eigenvalue weighted by Crippen LogP contribution is -2.02. The molecule has 0 atom stereocenters. The van der Waals surface area contributed by atoms with E-state index in [0.29, 0.717) is 0 Å². The summed E-state index contributed by atoms with van der Waals surface area (Å²) in [6.45, 7) is 0.770. The third-order valence-electron chi connectivity index (χ3n) is 5.96. The van der Waals surface area contributed by atoms with Crippen molar-refractivity contribution in [3.8, 4) is 0 Å². The van der Waals surface area contributed by atoms with Crippen molar-refractivity contribution in [2.24, 2.45) is 0 Å². The maximum absolute atomic E-state index is 10.5. The molecule has 0 bridgehead atoms. The number of benzene rings is 4. The first kappa shape index (κ1) is 16.4. The van der Waals surface area contributed by atoms with Crippen molar-refractivity contribution in [3.05, 3.63) is 96.1 Å². The van der Waals surface area contributed by atoms with Crippen LogP contribution in [0.4, 0.5) is 0 Å². The Labute approximate surface area is 167 Å². The summed E-state index contributed by atoms with van der Waals surface area (Å²) in [5.41, 5.74) is 6.72. The fourth-order valence-electron chi connectivity index (χ4n) is 4.74. The number of rotatable bonds is 3. The third kappa shape index (κ3) is 2.35. The second kappa shape index (κ2) is 6.23. The highest BCUT2D eigenvalue weighted by molar-refractivity contribution is 6.19. The summed E-state index contributed by atoms with van der Waals surface area (Å²) in [6.07, 6.45) is 0. The van der Waals surface area contributed by atoms with Gasteiger partial charge < -0.3 is 14.7 Å². The van der Waals surface area contributed by atoms with E-state index in [9.17, 15) is 5.11 Å². The van der Waals surface area contributed by atoms with Crippen LogP contribution in [0.15, 0.2) is 84.9 Å². The van der Waals surface area contributed by atoms with Crippen molar-refractivity contribution in [3.63, 3.8) is 0 Å². The van der Waals surface area contributed by atoms with Crippen LogP contribution in [0.2, 0.25) is 0 Å².